The summed E-state index contributed by atoms with van der Waals surface area (Å²) < 4.78 is 0. The molecule has 0 saturated carbocycles. The molecule has 6 heteroatoms. The maximum absolute atomic E-state index is 12.5. The number of piperidine rings is 1. The molecular formula is C18H28ClN3O2. The van der Waals surface area contributed by atoms with E-state index in [1.807, 2.05) is 42.2 Å². The monoisotopic (exact) mass is 353 g/mol. The second kappa shape index (κ2) is 10.3. The Bertz CT molecular complexity index is 524. The fourth-order valence-corrected chi connectivity index (χ4v) is 2.98. The number of nitrogens with two attached hydrogens (primary N) is 1. The molecule has 0 bridgehead atoms. The highest BCUT2D eigenvalue weighted by molar-refractivity contribution is 5.85. The van der Waals surface area contributed by atoms with Gasteiger partial charge in [0.2, 0.25) is 11.8 Å². The van der Waals surface area contributed by atoms with Crippen LogP contribution < -0.4 is 11.1 Å². The van der Waals surface area contributed by atoms with Crippen molar-refractivity contribution in [3.8, 4) is 0 Å². The Morgan fingerprint density at radius 3 is 2.71 bits per heavy atom. The normalized spacial score (nSPS) is 18.4. The summed E-state index contributed by atoms with van der Waals surface area (Å²) in [6, 6.07) is 9.48. The van der Waals surface area contributed by atoms with Gasteiger partial charge in [0, 0.05) is 38.0 Å². The molecule has 0 aliphatic carbocycles. The largest absolute Gasteiger partial charge is 0.352 e. The van der Waals surface area contributed by atoms with Crippen molar-refractivity contribution in [1.29, 1.82) is 0 Å². The molecular weight excluding hydrogens is 326 g/mol. The van der Waals surface area contributed by atoms with Crippen LogP contribution in [-0.4, -0.2) is 35.8 Å². The van der Waals surface area contributed by atoms with Crippen molar-refractivity contribution in [1.82, 2.24) is 10.2 Å². The van der Waals surface area contributed by atoms with Crippen LogP contribution in [0, 0.1) is 0 Å². The van der Waals surface area contributed by atoms with Gasteiger partial charge in [0.05, 0.1) is 0 Å². The van der Waals surface area contributed by atoms with Crippen LogP contribution in [-0.2, 0) is 9.59 Å². The fraction of sp³-hybridized carbons (Fsp3) is 0.556. The van der Waals surface area contributed by atoms with Crippen LogP contribution in [0.15, 0.2) is 30.3 Å². The number of nitrogens with one attached hydrogen (secondary N) is 1. The Kier molecular flexibility index (Phi) is 8.79. The van der Waals surface area contributed by atoms with Crippen LogP contribution in [0.1, 0.15) is 50.6 Å². The van der Waals surface area contributed by atoms with E-state index in [2.05, 4.69) is 5.32 Å². The molecule has 134 valence electrons. The van der Waals surface area contributed by atoms with E-state index in [0.29, 0.717) is 19.4 Å². The number of hydrogen-bond acceptors (Lipinski definition) is 3. The molecule has 24 heavy (non-hydrogen) atoms. The summed E-state index contributed by atoms with van der Waals surface area (Å²) >= 11 is 0. The predicted molar refractivity (Wildman–Crippen MR) is 97.9 cm³/mol. The summed E-state index contributed by atoms with van der Waals surface area (Å²) in [7, 11) is 0. The standard InChI is InChI=1S/C18H27N3O2.ClH/c1-2-7-17(22)20-15-10-6-11-21(13-15)18(23)12-16(19)14-8-4-3-5-9-14;/h3-5,8-9,15-16H,2,6-7,10-13,19H2,1H3,(H,20,22);1H. The molecule has 0 spiro atoms. The van der Waals surface area contributed by atoms with Gasteiger partial charge in [-0.15, -0.1) is 12.4 Å². The minimum Gasteiger partial charge on any atom is -0.352 e. The van der Waals surface area contributed by atoms with Crippen LogP contribution >= 0.6 is 12.4 Å². The van der Waals surface area contributed by atoms with Crippen LogP contribution in [0.25, 0.3) is 0 Å². The Balaban J connectivity index is 0.00000288. The highest BCUT2D eigenvalue weighted by Gasteiger charge is 2.25. The van der Waals surface area contributed by atoms with Crippen LogP contribution in [0.3, 0.4) is 0 Å². The topological polar surface area (TPSA) is 75.4 Å². The smallest absolute Gasteiger partial charge is 0.224 e. The summed E-state index contributed by atoms with van der Waals surface area (Å²) in [6.07, 6.45) is 3.55. The van der Waals surface area contributed by atoms with Gasteiger partial charge < -0.3 is 16.0 Å². The zero-order valence-corrected chi connectivity index (χ0v) is 15.1. The lowest BCUT2D eigenvalue weighted by Crippen LogP contribution is -2.50. The van der Waals surface area contributed by atoms with Gasteiger partial charge in [-0.05, 0) is 24.8 Å². The Hall–Kier alpha value is -1.59. The van der Waals surface area contributed by atoms with E-state index in [1.54, 1.807) is 0 Å². The van der Waals surface area contributed by atoms with Crippen molar-refractivity contribution in [3.63, 3.8) is 0 Å². The van der Waals surface area contributed by atoms with Gasteiger partial charge in [-0.3, -0.25) is 9.59 Å². The molecule has 2 amide bonds. The first-order valence-electron chi connectivity index (χ1n) is 8.47. The molecule has 1 aromatic rings. The third-order valence-electron chi connectivity index (χ3n) is 4.24. The maximum Gasteiger partial charge on any atom is 0.224 e. The quantitative estimate of drug-likeness (QED) is 0.824. The first kappa shape index (κ1) is 20.5. The number of amides is 2. The summed E-state index contributed by atoms with van der Waals surface area (Å²) in [5, 5.41) is 3.03. The van der Waals surface area contributed by atoms with Gasteiger partial charge in [-0.25, -0.2) is 0 Å². The zero-order valence-electron chi connectivity index (χ0n) is 14.2. The second-order valence-electron chi connectivity index (χ2n) is 6.22. The molecule has 2 rings (SSSR count). The molecule has 3 N–H and O–H groups in total. The molecule has 1 aromatic carbocycles. The number of likely N-dealkylation sites (tertiary alicyclic amines) is 1. The third kappa shape index (κ3) is 6.13. The number of carbonyl (C=O) groups excluding carboxylic acids is 2. The van der Waals surface area contributed by atoms with Crippen LogP contribution in [0.2, 0.25) is 0 Å². The molecule has 1 saturated heterocycles. The molecule has 0 radical (unpaired) electrons. The lowest BCUT2D eigenvalue weighted by Gasteiger charge is -2.33. The van der Waals surface area contributed by atoms with Gasteiger partial charge in [0.1, 0.15) is 0 Å². The first-order chi connectivity index (χ1) is 11.1. The van der Waals surface area contributed by atoms with Gasteiger partial charge in [-0.1, -0.05) is 37.3 Å². The van der Waals surface area contributed by atoms with Crippen LogP contribution in [0.4, 0.5) is 0 Å². The summed E-state index contributed by atoms with van der Waals surface area (Å²) in [5.41, 5.74) is 7.12. The molecule has 0 aromatic heterocycles. The van der Waals surface area contributed by atoms with E-state index >= 15 is 0 Å². The number of halogens is 1. The number of carbonyl (C=O) groups is 2. The number of benzene rings is 1. The highest BCUT2D eigenvalue weighted by atomic mass is 35.5. The second-order valence-corrected chi connectivity index (χ2v) is 6.22. The minimum atomic E-state index is -0.279. The summed E-state index contributed by atoms with van der Waals surface area (Å²) in [4.78, 5) is 26.0. The molecule has 1 aliphatic rings. The van der Waals surface area contributed by atoms with E-state index < -0.39 is 0 Å². The van der Waals surface area contributed by atoms with Crippen molar-refractivity contribution < 1.29 is 9.59 Å². The Morgan fingerprint density at radius 1 is 1.33 bits per heavy atom. The van der Waals surface area contributed by atoms with Gasteiger partial charge in [-0.2, -0.15) is 0 Å². The van der Waals surface area contributed by atoms with Crippen molar-refractivity contribution in [3.05, 3.63) is 35.9 Å². The maximum atomic E-state index is 12.5. The van der Waals surface area contributed by atoms with E-state index in [9.17, 15) is 9.59 Å². The van der Waals surface area contributed by atoms with Crippen LogP contribution in [0.5, 0.6) is 0 Å². The SMILES string of the molecule is CCCC(=O)NC1CCCN(C(=O)CC(N)c2ccccc2)C1.Cl. The van der Waals surface area contributed by atoms with Gasteiger partial charge in [0.15, 0.2) is 0 Å². The summed E-state index contributed by atoms with van der Waals surface area (Å²) in [6.45, 7) is 3.33. The van der Waals surface area contributed by atoms with E-state index in [1.165, 1.54) is 0 Å². The van der Waals surface area contributed by atoms with Crippen molar-refractivity contribution in [2.75, 3.05) is 13.1 Å². The fourth-order valence-electron chi connectivity index (χ4n) is 2.98. The average Bonchev–Trinajstić information content (AvgIpc) is 2.56. The van der Waals surface area contributed by atoms with E-state index in [0.717, 1.165) is 31.4 Å². The zero-order chi connectivity index (χ0) is 16.7. The molecule has 1 heterocycles. The number of nitrogens with zero attached hydrogens (tertiary/aromatic N) is 1. The van der Waals surface area contributed by atoms with Crippen molar-refractivity contribution in [2.24, 2.45) is 5.73 Å². The molecule has 1 fully saturated rings. The molecule has 5 nitrogen and oxygen atoms in total. The summed E-state index contributed by atoms with van der Waals surface area (Å²) in [5.74, 6) is 0.142. The predicted octanol–water partition coefficient (Wildman–Crippen LogP) is 2.41. The molecule has 1 aliphatic heterocycles. The molecule has 2 unspecified atom stereocenters. The first-order valence-corrected chi connectivity index (χ1v) is 8.47. The van der Waals surface area contributed by atoms with Gasteiger partial charge >= 0.3 is 0 Å². The lowest BCUT2D eigenvalue weighted by atomic mass is 10.0. The average molecular weight is 354 g/mol. The Morgan fingerprint density at radius 2 is 2.04 bits per heavy atom. The van der Waals surface area contributed by atoms with E-state index in [-0.39, 0.29) is 36.3 Å². The van der Waals surface area contributed by atoms with Crippen molar-refractivity contribution >= 4 is 24.2 Å². The lowest BCUT2D eigenvalue weighted by molar-refractivity contribution is -0.134. The minimum absolute atomic E-state index is 0. The van der Waals surface area contributed by atoms with Gasteiger partial charge in [0.25, 0.3) is 0 Å². The number of hydrogen-bond donors (Lipinski definition) is 2. The van der Waals surface area contributed by atoms with Crippen molar-refractivity contribution in [2.45, 2.75) is 51.1 Å². The van der Waals surface area contributed by atoms with E-state index in [4.69, 9.17) is 5.73 Å². The Labute approximate surface area is 150 Å². The highest BCUT2D eigenvalue weighted by Crippen LogP contribution is 2.17. The third-order valence-corrected chi connectivity index (χ3v) is 4.24. The molecule has 2 atom stereocenters. The number of rotatable bonds is 6.